The molecule has 0 aromatic heterocycles. The molecule has 0 bridgehead atoms. The van der Waals surface area contributed by atoms with Crippen LogP contribution in [0.25, 0.3) is 22.3 Å². The molecular formula is C27H23N2O5P3. The van der Waals surface area contributed by atoms with E-state index in [9.17, 15) is 13.7 Å². The highest BCUT2D eigenvalue weighted by Gasteiger charge is 2.44. The summed E-state index contributed by atoms with van der Waals surface area (Å²) < 4.78 is 56.2. The van der Waals surface area contributed by atoms with Gasteiger partial charge in [0, 0.05) is 35.3 Å². The van der Waals surface area contributed by atoms with Crippen LogP contribution in [0.15, 0.2) is 97.1 Å². The lowest BCUT2D eigenvalue weighted by Crippen LogP contribution is -2.35. The average molecular weight is 548 g/mol. The Bertz CT molecular complexity index is 1630. The van der Waals surface area contributed by atoms with Crippen LogP contribution >= 0.6 is 23.6 Å². The number of benzene rings is 4. The molecule has 2 aliphatic heterocycles. The van der Waals surface area contributed by atoms with Gasteiger partial charge in [0.05, 0.1) is 10.6 Å². The number of nitrogens with zero attached hydrogens (tertiary/aromatic N) is 2. The van der Waals surface area contributed by atoms with Crippen molar-refractivity contribution in [1.82, 2.24) is 9.11 Å². The highest BCUT2D eigenvalue weighted by atomic mass is 31.2. The molecule has 0 radical (unpaired) electrons. The Kier molecular flexibility index (Phi) is 6.15. The SMILES string of the molecule is CN(CCN(P=O)P1(=O)Oc2ccccc2-c2ccccc21)P1(=O)Oc2ccccc2-c2ccccc21. The summed E-state index contributed by atoms with van der Waals surface area (Å²) in [6.45, 7) is 0.229. The third-order valence-electron chi connectivity index (χ3n) is 6.69. The van der Waals surface area contributed by atoms with Crippen LogP contribution in [-0.2, 0) is 13.7 Å². The van der Waals surface area contributed by atoms with E-state index in [1.54, 1.807) is 36.0 Å². The molecule has 37 heavy (non-hydrogen) atoms. The summed E-state index contributed by atoms with van der Waals surface area (Å²) in [4.78, 5) is 0. The largest absolute Gasteiger partial charge is 0.429 e. The lowest BCUT2D eigenvalue weighted by molar-refractivity contribution is 0.375. The van der Waals surface area contributed by atoms with E-state index in [1.807, 2.05) is 72.8 Å². The molecule has 2 unspecified atom stereocenters. The van der Waals surface area contributed by atoms with E-state index in [1.165, 1.54) is 4.44 Å². The molecule has 7 nitrogen and oxygen atoms in total. The summed E-state index contributed by atoms with van der Waals surface area (Å²) in [6.07, 6.45) is 0. The molecule has 0 saturated heterocycles. The van der Waals surface area contributed by atoms with Crippen LogP contribution in [0.5, 0.6) is 11.5 Å². The van der Waals surface area contributed by atoms with Crippen molar-refractivity contribution >= 4 is 34.3 Å². The Balaban J connectivity index is 1.31. The van der Waals surface area contributed by atoms with E-state index < -0.39 is 23.6 Å². The zero-order valence-corrected chi connectivity index (χ0v) is 22.6. The van der Waals surface area contributed by atoms with Crippen LogP contribution in [-0.4, -0.2) is 29.2 Å². The van der Waals surface area contributed by atoms with Crippen molar-refractivity contribution in [1.29, 1.82) is 0 Å². The van der Waals surface area contributed by atoms with Crippen LogP contribution in [0.4, 0.5) is 0 Å². The van der Waals surface area contributed by atoms with Crippen molar-refractivity contribution in [2.24, 2.45) is 0 Å². The Morgan fingerprint density at radius 3 is 1.59 bits per heavy atom. The summed E-state index contributed by atoms with van der Waals surface area (Å²) in [5, 5.41) is 1.08. The molecule has 0 spiro atoms. The van der Waals surface area contributed by atoms with E-state index in [2.05, 4.69) is 0 Å². The molecule has 2 aliphatic rings. The number of rotatable bonds is 6. The van der Waals surface area contributed by atoms with Gasteiger partial charge in [-0.05, 0) is 31.3 Å². The van der Waals surface area contributed by atoms with Gasteiger partial charge in [-0.1, -0.05) is 72.8 Å². The van der Waals surface area contributed by atoms with Crippen molar-refractivity contribution < 1.29 is 22.7 Å². The topological polar surface area (TPSA) is 76.2 Å². The Hall–Kier alpha value is -3.04. The Morgan fingerprint density at radius 2 is 1.05 bits per heavy atom. The summed E-state index contributed by atoms with van der Waals surface area (Å²) in [5.74, 6) is 1.02. The molecule has 2 atom stereocenters. The van der Waals surface area contributed by atoms with Gasteiger partial charge < -0.3 is 9.05 Å². The molecule has 0 aliphatic carbocycles. The van der Waals surface area contributed by atoms with Gasteiger partial charge in [0.25, 0.3) is 8.61 Å². The van der Waals surface area contributed by atoms with E-state index in [0.717, 1.165) is 22.3 Å². The molecule has 4 aromatic carbocycles. The first-order chi connectivity index (χ1) is 18.0. The minimum Gasteiger partial charge on any atom is -0.429 e. The first-order valence-electron chi connectivity index (χ1n) is 11.8. The van der Waals surface area contributed by atoms with Crippen molar-refractivity contribution in [3.8, 4) is 33.8 Å². The van der Waals surface area contributed by atoms with Gasteiger partial charge in [0.15, 0.2) is 0 Å². The molecule has 0 fully saturated rings. The van der Waals surface area contributed by atoms with Crippen molar-refractivity contribution in [2.75, 3.05) is 20.1 Å². The molecular weight excluding hydrogens is 525 g/mol. The second kappa shape index (κ2) is 9.36. The normalized spacial score (nSPS) is 21.4. The highest BCUT2D eigenvalue weighted by molar-refractivity contribution is 7.70. The third kappa shape index (κ3) is 3.90. The zero-order chi connectivity index (χ0) is 25.6. The molecule has 0 N–H and O–H groups in total. The molecule has 4 aromatic rings. The van der Waals surface area contributed by atoms with Crippen LogP contribution < -0.4 is 19.7 Å². The van der Waals surface area contributed by atoms with Gasteiger partial charge in [-0.3, -0.25) is 13.7 Å². The maximum absolute atomic E-state index is 14.4. The summed E-state index contributed by atoms with van der Waals surface area (Å²) in [5.41, 5.74) is 3.35. The van der Waals surface area contributed by atoms with Crippen LogP contribution in [0.2, 0.25) is 0 Å². The number of likely N-dealkylation sites (N-methyl/N-ethyl adjacent to an activating group) is 1. The molecule has 2 heterocycles. The summed E-state index contributed by atoms with van der Waals surface area (Å²) >= 11 is 0. The van der Waals surface area contributed by atoms with Crippen LogP contribution in [0.1, 0.15) is 0 Å². The molecule has 186 valence electrons. The number of hydrogen-bond donors (Lipinski definition) is 0. The number of fused-ring (bicyclic) bond motifs is 6. The smallest absolute Gasteiger partial charge is 0.360 e. The van der Waals surface area contributed by atoms with E-state index in [4.69, 9.17) is 9.05 Å². The first-order valence-corrected chi connectivity index (χ1v) is 15.7. The quantitative estimate of drug-likeness (QED) is 0.252. The Labute approximate surface area is 216 Å². The molecule has 0 amide bonds. The van der Waals surface area contributed by atoms with Gasteiger partial charge in [-0.25, -0.2) is 4.67 Å². The second-order valence-corrected chi connectivity index (χ2v) is 14.3. The predicted octanol–water partition coefficient (Wildman–Crippen LogP) is 6.58. The van der Waals surface area contributed by atoms with Gasteiger partial charge in [-0.15, -0.1) is 4.44 Å². The summed E-state index contributed by atoms with van der Waals surface area (Å²) in [6, 6.07) is 29.7. The fourth-order valence-electron chi connectivity index (χ4n) is 4.81. The minimum absolute atomic E-state index is 0.0620. The predicted molar refractivity (Wildman–Crippen MR) is 146 cm³/mol. The monoisotopic (exact) mass is 548 g/mol. The number of hydrogen-bond acceptors (Lipinski definition) is 5. The summed E-state index contributed by atoms with van der Waals surface area (Å²) in [7, 11) is -5.99. The average Bonchev–Trinajstić information content (AvgIpc) is 2.93. The standard InChI is InChI=1S/C27H23N2O5P3/c1-28(36(31)26-16-8-4-12-22(26)20-10-2-6-14-24(20)33-36)18-19-29(35-30)37(32)27-17-9-5-13-23(27)21-11-3-7-15-25(21)34-37/h2-17H,18-19H2,1H3. The van der Waals surface area contributed by atoms with E-state index in [-0.39, 0.29) is 13.1 Å². The molecule has 10 heteroatoms. The van der Waals surface area contributed by atoms with Crippen LogP contribution in [0, 0.1) is 0 Å². The van der Waals surface area contributed by atoms with Crippen LogP contribution in [0.3, 0.4) is 0 Å². The Morgan fingerprint density at radius 1 is 0.622 bits per heavy atom. The number of para-hydroxylation sites is 2. The molecule has 6 rings (SSSR count). The van der Waals surface area contributed by atoms with Gasteiger partial charge >= 0.3 is 15.0 Å². The van der Waals surface area contributed by atoms with E-state index >= 15 is 0 Å². The van der Waals surface area contributed by atoms with Gasteiger partial charge in [0.2, 0.25) is 0 Å². The van der Waals surface area contributed by atoms with Gasteiger partial charge in [-0.2, -0.15) is 0 Å². The fraction of sp³-hybridized carbons (Fsp3) is 0.111. The lowest BCUT2D eigenvalue weighted by Gasteiger charge is -2.36. The van der Waals surface area contributed by atoms with Crippen molar-refractivity contribution in [2.45, 2.75) is 0 Å². The van der Waals surface area contributed by atoms with E-state index in [0.29, 0.717) is 22.1 Å². The second-order valence-electron chi connectivity index (χ2n) is 8.81. The van der Waals surface area contributed by atoms with Gasteiger partial charge in [0.1, 0.15) is 11.5 Å². The molecule has 0 saturated carbocycles. The lowest BCUT2D eigenvalue weighted by atomic mass is 10.0. The maximum atomic E-state index is 14.4. The first kappa shape index (κ1) is 24.3. The highest BCUT2D eigenvalue weighted by Crippen LogP contribution is 2.60. The maximum Gasteiger partial charge on any atom is 0.360 e. The third-order valence-corrected chi connectivity index (χ3v) is 12.8. The van der Waals surface area contributed by atoms with Crippen molar-refractivity contribution in [3.63, 3.8) is 0 Å². The van der Waals surface area contributed by atoms with Crippen molar-refractivity contribution in [3.05, 3.63) is 97.1 Å². The zero-order valence-electron chi connectivity index (χ0n) is 19.9. The minimum atomic E-state index is -3.73. The fourth-order valence-corrected chi connectivity index (χ4v) is 9.92.